The van der Waals surface area contributed by atoms with E-state index in [1.807, 2.05) is 36.4 Å². The number of hydrogen-bond donors (Lipinski definition) is 3. The second-order valence-electron chi connectivity index (χ2n) is 6.84. The van der Waals surface area contributed by atoms with Gasteiger partial charge in [-0.05, 0) is 17.7 Å². The van der Waals surface area contributed by atoms with E-state index in [-0.39, 0.29) is 12.2 Å². The lowest BCUT2D eigenvalue weighted by Crippen LogP contribution is -2.39. The van der Waals surface area contributed by atoms with E-state index in [1.54, 1.807) is 14.2 Å². The summed E-state index contributed by atoms with van der Waals surface area (Å²) < 4.78 is 28.3. The molecule has 33 heavy (non-hydrogen) atoms. The fraction of sp³-hybridized carbons (Fsp3) is 0.391. The normalized spacial score (nSPS) is 17.3. The Hall–Kier alpha value is -3.34. The first-order valence-corrected chi connectivity index (χ1v) is 10.2. The minimum Gasteiger partial charge on any atom is -0.493 e. The molecule has 2 aromatic carbocycles. The lowest BCUT2D eigenvalue weighted by molar-refractivity contribution is -0.159. The predicted octanol–water partition coefficient (Wildman–Crippen LogP) is 1.98. The van der Waals surface area contributed by atoms with Gasteiger partial charge in [0.05, 0.1) is 33.5 Å². The van der Waals surface area contributed by atoms with E-state index in [0.717, 1.165) is 5.56 Å². The van der Waals surface area contributed by atoms with Crippen molar-refractivity contribution in [2.45, 2.75) is 12.2 Å². The van der Waals surface area contributed by atoms with Crippen LogP contribution in [0.5, 0.6) is 17.2 Å². The van der Waals surface area contributed by atoms with E-state index in [9.17, 15) is 0 Å². The van der Waals surface area contributed by atoms with Crippen molar-refractivity contribution in [2.75, 3.05) is 47.1 Å². The number of methoxy groups -OCH3 is 2. The largest absolute Gasteiger partial charge is 0.493 e. The molecule has 1 heterocycles. The van der Waals surface area contributed by atoms with E-state index < -0.39 is 11.9 Å². The fourth-order valence-corrected chi connectivity index (χ4v) is 2.97. The topological polar surface area (TPSA) is 133 Å². The van der Waals surface area contributed by atoms with Crippen LogP contribution in [-0.4, -0.2) is 75.4 Å². The molecule has 0 aliphatic carbocycles. The standard InChI is InChI=1S/C21H27NO5.C2H2O4/c1-23-18-9-6-10-19(24-2)21(18)25-12-11-22-13-17-14-27-20(15-26-17)16-7-4-3-5-8-16;3-1(4)2(5)6/h3-10,17,20,22H,11-15H2,1-2H3;(H,3,4)(H,5,6)/t17-,20-;/m1./s1. The molecule has 0 spiro atoms. The molecule has 0 amide bonds. The minimum absolute atomic E-state index is 0.0174. The van der Waals surface area contributed by atoms with Gasteiger partial charge in [0.25, 0.3) is 0 Å². The average molecular weight is 463 g/mol. The average Bonchev–Trinajstić information content (AvgIpc) is 2.85. The number of carboxylic acid groups (broad SMARTS) is 2. The van der Waals surface area contributed by atoms with Gasteiger partial charge >= 0.3 is 11.9 Å². The number of nitrogens with one attached hydrogen (secondary N) is 1. The Kier molecular flexibility index (Phi) is 10.9. The van der Waals surface area contributed by atoms with Crippen molar-refractivity contribution < 1.29 is 43.5 Å². The van der Waals surface area contributed by atoms with E-state index in [1.165, 1.54) is 0 Å². The smallest absolute Gasteiger partial charge is 0.414 e. The summed E-state index contributed by atoms with van der Waals surface area (Å²) in [4.78, 5) is 18.2. The molecule has 0 bridgehead atoms. The zero-order chi connectivity index (χ0) is 24.1. The number of hydrogen-bond acceptors (Lipinski definition) is 8. The molecule has 10 nitrogen and oxygen atoms in total. The number of benzene rings is 2. The van der Waals surface area contributed by atoms with Crippen molar-refractivity contribution in [3.8, 4) is 17.2 Å². The molecule has 0 aromatic heterocycles. The summed E-state index contributed by atoms with van der Waals surface area (Å²) in [6.45, 7) is 3.05. The van der Waals surface area contributed by atoms with Crippen molar-refractivity contribution in [3.63, 3.8) is 0 Å². The minimum atomic E-state index is -1.82. The second kappa shape index (κ2) is 13.9. The molecule has 1 aliphatic rings. The Morgan fingerprint density at radius 3 is 2.09 bits per heavy atom. The SMILES string of the molecule is COc1cccc(OC)c1OCCNC[C@@H]1CO[C@@H](c2ccccc2)CO1.O=C(O)C(=O)O. The van der Waals surface area contributed by atoms with Gasteiger partial charge in [-0.15, -0.1) is 0 Å². The van der Waals surface area contributed by atoms with Crippen molar-refractivity contribution in [3.05, 3.63) is 54.1 Å². The molecule has 0 saturated carbocycles. The predicted molar refractivity (Wildman–Crippen MR) is 118 cm³/mol. The molecule has 180 valence electrons. The highest BCUT2D eigenvalue weighted by Crippen LogP contribution is 2.36. The number of ether oxygens (including phenoxy) is 5. The molecule has 3 rings (SSSR count). The van der Waals surface area contributed by atoms with Gasteiger partial charge in [0.1, 0.15) is 12.7 Å². The third-order valence-corrected chi connectivity index (χ3v) is 4.60. The lowest BCUT2D eigenvalue weighted by atomic mass is 10.1. The highest BCUT2D eigenvalue weighted by atomic mass is 16.6. The Labute approximate surface area is 192 Å². The van der Waals surface area contributed by atoms with Crippen LogP contribution in [0.25, 0.3) is 0 Å². The van der Waals surface area contributed by atoms with E-state index >= 15 is 0 Å². The van der Waals surface area contributed by atoms with Crippen LogP contribution in [0, 0.1) is 0 Å². The maximum atomic E-state index is 9.10. The molecule has 1 fully saturated rings. The number of rotatable bonds is 9. The van der Waals surface area contributed by atoms with Crippen LogP contribution in [0.4, 0.5) is 0 Å². The van der Waals surface area contributed by atoms with Gasteiger partial charge in [0.2, 0.25) is 5.75 Å². The molecule has 0 unspecified atom stereocenters. The number of carboxylic acids is 2. The van der Waals surface area contributed by atoms with Crippen molar-refractivity contribution in [1.82, 2.24) is 5.32 Å². The molecule has 1 saturated heterocycles. The third kappa shape index (κ3) is 8.60. The van der Waals surface area contributed by atoms with Crippen LogP contribution in [0.15, 0.2) is 48.5 Å². The van der Waals surface area contributed by atoms with Gasteiger partial charge in [-0.1, -0.05) is 36.4 Å². The highest BCUT2D eigenvalue weighted by molar-refractivity contribution is 6.27. The quantitative estimate of drug-likeness (QED) is 0.374. The molecule has 2 aromatic rings. The van der Waals surface area contributed by atoms with Crippen LogP contribution in [0.3, 0.4) is 0 Å². The summed E-state index contributed by atoms with van der Waals surface area (Å²) in [5.74, 6) is -1.71. The van der Waals surface area contributed by atoms with Crippen LogP contribution in [0.1, 0.15) is 11.7 Å². The lowest BCUT2D eigenvalue weighted by Gasteiger charge is -2.30. The number of para-hydroxylation sites is 1. The monoisotopic (exact) mass is 463 g/mol. The maximum Gasteiger partial charge on any atom is 0.414 e. The van der Waals surface area contributed by atoms with Crippen molar-refractivity contribution in [1.29, 1.82) is 0 Å². The molecule has 2 atom stereocenters. The van der Waals surface area contributed by atoms with E-state index in [2.05, 4.69) is 17.4 Å². The second-order valence-corrected chi connectivity index (χ2v) is 6.84. The van der Waals surface area contributed by atoms with Crippen molar-refractivity contribution in [2.24, 2.45) is 0 Å². The van der Waals surface area contributed by atoms with Crippen LogP contribution in [0.2, 0.25) is 0 Å². The first kappa shape index (κ1) is 25.9. The molecule has 3 N–H and O–H groups in total. The van der Waals surface area contributed by atoms with Gasteiger partial charge in [0.15, 0.2) is 11.5 Å². The Morgan fingerprint density at radius 1 is 0.939 bits per heavy atom. The summed E-state index contributed by atoms with van der Waals surface area (Å²) in [6, 6.07) is 15.7. The first-order chi connectivity index (χ1) is 16.0. The Morgan fingerprint density at radius 2 is 1.58 bits per heavy atom. The van der Waals surface area contributed by atoms with Crippen molar-refractivity contribution >= 4 is 11.9 Å². The fourth-order valence-electron chi connectivity index (χ4n) is 2.97. The third-order valence-electron chi connectivity index (χ3n) is 4.60. The van der Waals surface area contributed by atoms with E-state index in [0.29, 0.717) is 50.2 Å². The molecule has 10 heteroatoms. The van der Waals surface area contributed by atoms with Crippen LogP contribution in [-0.2, 0) is 19.1 Å². The van der Waals surface area contributed by atoms with Gasteiger partial charge in [0, 0.05) is 13.1 Å². The number of aliphatic carboxylic acids is 2. The molecule has 0 radical (unpaired) electrons. The summed E-state index contributed by atoms with van der Waals surface area (Å²) in [5.41, 5.74) is 1.16. The Balaban J connectivity index is 0.000000569. The summed E-state index contributed by atoms with van der Waals surface area (Å²) in [7, 11) is 3.23. The van der Waals surface area contributed by atoms with E-state index in [4.69, 9.17) is 43.5 Å². The van der Waals surface area contributed by atoms with Gasteiger partial charge < -0.3 is 39.2 Å². The molecular weight excluding hydrogens is 434 g/mol. The Bertz CT molecular complexity index is 833. The van der Waals surface area contributed by atoms with Gasteiger partial charge in [-0.2, -0.15) is 0 Å². The summed E-state index contributed by atoms with van der Waals surface area (Å²) >= 11 is 0. The zero-order valence-corrected chi connectivity index (χ0v) is 18.6. The molecular formula is C23H29NO9. The highest BCUT2D eigenvalue weighted by Gasteiger charge is 2.23. The maximum absolute atomic E-state index is 9.10. The molecule has 1 aliphatic heterocycles. The summed E-state index contributed by atoms with van der Waals surface area (Å²) in [5, 5.41) is 18.1. The van der Waals surface area contributed by atoms with Gasteiger partial charge in [-0.25, -0.2) is 9.59 Å². The number of carbonyl (C=O) groups is 2. The summed E-state index contributed by atoms with van der Waals surface area (Å²) in [6.07, 6.45) is 0.0644. The first-order valence-electron chi connectivity index (χ1n) is 10.2. The zero-order valence-electron chi connectivity index (χ0n) is 18.6. The van der Waals surface area contributed by atoms with Gasteiger partial charge in [-0.3, -0.25) is 0 Å². The van der Waals surface area contributed by atoms with Crippen LogP contribution >= 0.6 is 0 Å². The van der Waals surface area contributed by atoms with Crippen LogP contribution < -0.4 is 19.5 Å².